The Morgan fingerprint density at radius 3 is 2.76 bits per heavy atom. The van der Waals surface area contributed by atoms with E-state index in [1.165, 1.54) is 24.2 Å². The normalized spacial score (nSPS) is 13.6. The maximum absolute atomic E-state index is 12.6. The molecule has 4 rings (SSSR count). The SMILES string of the molecule is Cc1nc(Nc2ncc(C(=O)Nc3c(C)cccc3Cl)s2)cc(N2CCCC2)n1. The predicted molar refractivity (Wildman–Crippen MR) is 118 cm³/mol. The van der Waals surface area contributed by atoms with Crippen molar-refractivity contribution in [2.45, 2.75) is 26.7 Å². The number of hydrogen-bond acceptors (Lipinski definition) is 7. The quantitative estimate of drug-likeness (QED) is 0.607. The minimum Gasteiger partial charge on any atom is -0.356 e. The molecular weight excluding hydrogens is 408 g/mol. The number of nitrogens with one attached hydrogen (secondary N) is 2. The number of rotatable bonds is 5. The number of aromatic nitrogens is 3. The van der Waals surface area contributed by atoms with Crippen molar-refractivity contribution >= 4 is 51.3 Å². The summed E-state index contributed by atoms with van der Waals surface area (Å²) < 4.78 is 0. The molecular formula is C20H21ClN6OS. The Hall–Kier alpha value is -2.71. The fourth-order valence-corrected chi connectivity index (χ4v) is 4.22. The maximum Gasteiger partial charge on any atom is 0.267 e. The highest BCUT2D eigenvalue weighted by atomic mass is 35.5. The summed E-state index contributed by atoms with van der Waals surface area (Å²) in [7, 11) is 0. The first-order valence-corrected chi connectivity index (χ1v) is 10.6. The number of nitrogens with zero attached hydrogens (tertiary/aromatic N) is 4. The summed E-state index contributed by atoms with van der Waals surface area (Å²) in [6.07, 6.45) is 3.91. The van der Waals surface area contributed by atoms with Crippen LogP contribution < -0.4 is 15.5 Å². The second-order valence-electron chi connectivity index (χ2n) is 6.89. The van der Waals surface area contributed by atoms with Crippen LogP contribution in [0, 0.1) is 13.8 Å². The molecule has 9 heteroatoms. The van der Waals surface area contributed by atoms with Crippen LogP contribution in [0.25, 0.3) is 0 Å². The van der Waals surface area contributed by atoms with Gasteiger partial charge in [-0.2, -0.15) is 0 Å². The van der Waals surface area contributed by atoms with Gasteiger partial charge in [-0.1, -0.05) is 35.1 Å². The van der Waals surface area contributed by atoms with Crippen LogP contribution in [-0.4, -0.2) is 33.9 Å². The molecule has 1 fully saturated rings. The highest BCUT2D eigenvalue weighted by Gasteiger charge is 2.17. The highest BCUT2D eigenvalue weighted by molar-refractivity contribution is 7.17. The van der Waals surface area contributed by atoms with Crippen LogP contribution in [0.5, 0.6) is 0 Å². The summed E-state index contributed by atoms with van der Waals surface area (Å²) in [5.41, 5.74) is 1.52. The molecule has 3 heterocycles. The molecule has 1 amide bonds. The molecule has 2 N–H and O–H groups in total. The molecule has 29 heavy (non-hydrogen) atoms. The molecule has 0 aliphatic carbocycles. The third-order valence-electron chi connectivity index (χ3n) is 4.68. The zero-order valence-electron chi connectivity index (χ0n) is 16.2. The van der Waals surface area contributed by atoms with E-state index in [4.69, 9.17) is 11.6 Å². The molecule has 2 aromatic heterocycles. The third kappa shape index (κ3) is 4.49. The summed E-state index contributed by atoms with van der Waals surface area (Å²) >= 11 is 7.46. The van der Waals surface area contributed by atoms with Crippen molar-refractivity contribution in [3.63, 3.8) is 0 Å². The van der Waals surface area contributed by atoms with Gasteiger partial charge in [0.05, 0.1) is 16.9 Å². The Labute approximate surface area is 178 Å². The van der Waals surface area contributed by atoms with Crippen molar-refractivity contribution in [2.24, 2.45) is 0 Å². The summed E-state index contributed by atoms with van der Waals surface area (Å²) in [6, 6.07) is 7.42. The standard InChI is InChI=1S/C20H21ClN6OS/c1-12-6-5-7-14(21)18(12)26-19(28)15-11-22-20(29-15)25-16-10-17(24-13(2)23-16)27-8-3-4-9-27/h5-7,10-11H,3-4,8-9H2,1-2H3,(H,26,28)(H,22,23,24,25). The highest BCUT2D eigenvalue weighted by Crippen LogP contribution is 2.28. The molecule has 0 bridgehead atoms. The third-order valence-corrected chi connectivity index (χ3v) is 5.91. The average Bonchev–Trinajstić information content (AvgIpc) is 3.36. The lowest BCUT2D eigenvalue weighted by molar-refractivity contribution is 0.103. The van der Waals surface area contributed by atoms with E-state index < -0.39 is 0 Å². The van der Waals surface area contributed by atoms with Crippen LogP contribution in [0.2, 0.25) is 5.02 Å². The fraction of sp³-hybridized carbons (Fsp3) is 0.300. The van der Waals surface area contributed by atoms with Crippen LogP contribution in [0.15, 0.2) is 30.5 Å². The molecule has 0 radical (unpaired) electrons. The minimum absolute atomic E-state index is 0.247. The number of halogens is 1. The largest absolute Gasteiger partial charge is 0.356 e. The number of amides is 1. The summed E-state index contributed by atoms with van der Waals surface area (Å²) in [5, 5.41) is 7.16. The molecule has 1 aliphatic rings. The first kappa shape index (κ1) is 19.6. The zero-order valence-corrected chi connectivity index (χ0v) is 17.8. The first-order chi connectivity index (χ1) is 14.0. The molecule has 3 aromatic rings. The summed E-state index contributed by atoms with van der Waals surface area (Å²) in [4.78, 5) is 28.6. The van der Waals surface area contributed by atoms with E-state index in [9.17, 15) is 4.79 Å². The zero-order chi connectivity index (χ0) is 20.4. The minimum atomic E-state index is -0.247. The molecule has 0 atom stereocenters. The number of para-hydroxylation sites is 1. The number of thiazole rings is 1. The number of aryl methyl sites for hydroxylation is 2. The molecule has 0 spiro atoms. The van der Waals surface area contributed by atoms with E-state index in [0.29, 0.717) is 32.4 Å². The van der Waals surface area contributed by atoms with Gasteiger partial charge in [0.2, 0.25) is 0 Å². The lowest BCUT2D eigenvalue weighted by Gasteiger charge is -2.17. The second-order valence-corrected chi connectivity index (χ2v) is 8.33. The Morgan fingerprint density at radius 2 is 2.00 bits per heavy atom. The number of carbonyl (C=O) groups excluding carboxylic acids is 1. The number of anilines is 4. The number of carbonyl (C=O) groups is 1. The second kappa shape index (κ2) is 8.34. The molecule has 1 aromatic carbocycles. The van der Waals surface area contributed by atoms with Gasteiger partial charge in [0.15, 0.2) is 5.13 Å². The molecule has 0 saturated carbocycles. The van der Waals surface area contributed by atoms with E-state index in [1.54, 1.807) is 12.3 Å². The van der Waals surface area contributed by atoms with Gasteiger partial charge in [0.1, 0.15) is 22.3 Å². The van der Waals surface area contributed by atoms with Crippen LogP contribution >= 0.6 is 22.9 Å². The summed E-state index contributed by atoms with van der Waals surface area (Å²) in [6.45, 7) is 5.80. The lowest BCUT2D eigenvalue weighted by Crippen LogP contribution is -2.19. The van der Waals surface area contributed by atoms with E-state index in [1.807, 2.05) is 32.0 Å². The van der Waals surface area contributed by atoms with E-state index in [0.717, 1.165) is 24.5 Å². The molecule has 0 unspecified atom stereocenters. The van der Waals surface area contributed by atoms with Crippen molar-refractivity contribution in [3.05, 3.63) is 51.7 Å². The Bertz CT molecular complexity index is 1030. The van der Waals surface area contributed by atoms with Crippen molar-refractivity contribution < 1.29 is 4.79 Å². The van der Waals surface area contributed by atoms with Gasteiger partial charge in [-0.3, -0.25) is 4.79 Å². The fourth-order valence-electron chi connectivity index (χ4n) is 3.24. The van der Waals surface area contributed by atoms with Gasteiger partial charge in [-0.25, -0.2) is 15.0 Å². The van der Waals surface area contributed by atoms with Crippen LogP contribution in [0.4, 0.5) is 22.5 Å². The van der Waals surface area contributed by atoms with Gasteiger partial charge in [-0.15, -0.1) is 0 Å². The van der Waals surface area contributed by atoms with Gasteiger partial charge in [0.25, 0.3) is 5.91 Å². The summed E-state index contributed by atoms with van der Waals surface area (Å²) in [5.74, 6) is 2.04. The Balaban J connectivity index is 1.49. The predicted octanol–water partition coefficient (Wildman–Crippen LogP) is 4.80. The van der Waals surface area contributed by atoms with Crippen molar-refractivity contribution in [2.75, 3.05) is 28.6 Å². The van der Waals surface area contributed by atoms with Crippen molar-refractivity contribution in [1.29, 1.82) is 0 Å². The maximum atomic E-state index is 12.6. The molecule has 1 aliphatic heterocycles. The first-order valence-electron chi connectivity index (χ1n) is 9.39. The lowest BCUT2D eigenvalue weighted by atomic mass is 10.2. The average molecular weight is 429 g/mol. The molecule has 1 saturated heterocycles. The van der Waals surface area contributed by atoms with Gasteiger partial charge >= 0.3 is 0 Å². The van der Waals surface area contributed by atoms with Crippen LogP contribution in [0.3, 0.4) is 0 Å². The monoisotopic (exact) mass is 428 g/mol. The van der Waals surface area contributed by atoms with Gasteiger partial charge < -0.3 is 15.5 Å². The van der Waals surface area contributed by atoms with Crippen LogP contribution in [-0.2, 0) is 0 Å². The smallest absolute Gasteiger partial charge is 0.267 e. The van der Waals surface area contributed by atoms with Crippen molar-refractivity contribution in [3.8, 4) is 0 Å². The van der Waals surface area contributed by atoms with Crippen LogP contribution in [0.1, 0.15) is 33.9 Å². The molecule has 7 nitrogen and oxygen atoms in total. The van der Waals surface area contributed by atoms with E-state index in [2.05, 4.69) is 30.5 Å². The molecule has 150 valence electrons. The van der Waals surface area contributed by atoms with Crippen molar-refractivity contribution in [1.82, 2.24) is 15.0 Å². The van der Waals surface area contributed by atoms with Gasteiger partial charge in [0, 0.05) is 19.2 Å². The van der Waals surface area contributed by atoms with Gasteiger partial charge in [-0.05, 0) is 38.3 Å². The van der Waals surface area contributed by atoms with E-state index >= 15 is 0 Å². The number of benzene rings is 1. The number of hydrogen-bond donors (Lipinski definition) is 2. The Kier molecular flexibility index (Phi) is 5.64. The Morgan fingerprint density at radius 1 is 1.21 bits per heavy atom. The topological polar surface area (TPSA) is 83.0 Å². The van der Waals surface area contributed by atoms with E-state index in [-0.39, 0.29) is 5.91 Å².